The van der Waals surface area contributed by atoms with Crippen molar-refractivity contribution in [2.75, 3.05) is 0 Å². The summed E-state index contributed by atoms with van der Waals surface area (Å²) in [6.45, 7) is 3.60. The van der Waals surface area contributed by atoms with Gasteiger partial charge in [0.05, 0.1) is 0 Å². The second kappa shape index (κ2) is 6.24. The van der Waals surface area contributed by atoms with Crippen molar-refractivity contribution in [2.24, 2.45) is 0 Å². The number of benzene rings is 2. The molecule has 2 aromatic carbocycles. The minimum absolute atomic E-state index is 0.0969. The van der Waals surface area contributed by atoms with Gasteiger partial charge in [0, 0.05) is 16.9 Å². The van der Waals surface area contributed by atoms with Crippen LogP contribution in [-0.4, -0.2) is 16.1 Å². The van der Waals surface area contributed by atoms with Crippen LogP contribution in [0.15, 0.2) is 59.3 Å². The largest absolute Gasteiger partial charge is 0.507 e. The van der Waals surface area contributed by atoms with Crippen LogP contribution in [0.25, 0.3) is 10.8 Å². The van der Waals surface area contributed by atoms with Crippen LogP contribution in [0.2, 0.25) is 0 Å². The van der Waals surface area contributed by atoms with Crippen LogP contribution in [0.1, 0.15) is 29.8 Å². The third kappa shape index (κ3) is 3.26. The van der Waals surface area contributed by atoms with Crippen LogP contribution >= 0.6 is 15.9 Å². The average molecular weight is 386 g/mol. The number of nitrogens with zero attached hydrogens (tertiary/aromatic N) is 1. The first-order chi connectivity index (χ1) is 11.4. The van der Waals surface area contributed by atoms with E-state index in [-0.39, 0.29) is 11.3 Å². The van der Waals surface area contributed by atoms with Crippen molar-refractivity contribution >= 4 is 32.7 Å². The molecule has 0 saturated carbocycles. The van der Waals surface area contributed by atoms with Gasteiger partial charge in [-0.3, -0.25) is 4.98 Å². The Labute approximate surface area is 148 Å². The highest BCUT2D eigenvalue weighted by Gasteiger charge is 2.27. The van der Waals surface area contributed by atoms with E-state index in [4.69, 9.17) is 4.74 Å². The molecule has 0 aliphatic heterocycles. The Morgan fingerprint density at radius 3 is 2.50 bits per heavy atom. The van der Waals surface area contributed by atoms with Crippen molar-refractivity contribution < 1.29 is 14.6 Å². The molecule has 0 saturated heterocycles. The molecule has 1 aromatic heterocycles. The predicted molar refractivity (Wildman–Crippen MR) is 96.0 cm³/mol. The van der Waals surface area contributed by atoms with E-state index in [0.717, 1.165) is 20.8 Å². The van der Waals surface area contributed by atoms with Gasteiger partial charge in [-0.2, -0.15) is 0 Å². The highest BCUT2D eigenvalue weighted by Crippen LogP contribution is 2.31. The second-order valence-corrected chi connectivity index (χ2v) is 6.91. The Morgan fingerprint density at radius 1 is 1.08 bits per heavy atom. The molecule has 0 atom stereocenters. The number of ether oxygens (including phenoxy) is 1. The summed E-state index contributed by atoms with van der Waals surface area (Å²) in [6, 6.07) is 12.4. The minimum Gasteiger partial charge on any atom is -0.507 e. The lowest BCUT2D eigenvalue weighted by Gasteiger charge is -2.25. The maximum atomic E-state index is 12.6. The molecule has 0 amide bonds. The highest BCUT2D eigenvalue weighted by atomic mass is 79.9. The monoisotopic (exact) mass is 385 g/mol. The van der Waals surface area contributed by atoms with E-state index in [9.17, 15) is 9.90 Å². The maximum Gasteiger partial charge on any atom is 0.342 e. The molecule has 0 bridgehead atoms. The molecule has 0 aliphatic rings. The molecule has 5 heteroatoms. The molecule has 122 valence electrons. The maximum absolute atomic E-state index is 12.6. The van der Waals surface area contributed by atoms with E-state index in [2.05, 4.69) is 20.9 Å². The zero-order chi connectivity index (χ0) is 17.3. The summed E-state index contributed by atoms with van der Waals surface area (Å²) in [4.78, 5) is 16.5. The molecule has 1 heterocycles. The summed E-state index contributed by atoms with van der Waals surface area (Å²) in [5, 5.41) is 11.9. The number of carbonyl (C=O) groups excluding carboxylic acids is 1. The number of fused-ring (bicyclic) bond motifs is 1. The smallest absolute Gasteiger partial charge is 0.342 e. The standard InChI is InChI=1S/C19H16BrNO3/c1-19(2,14-5-7-21-8-6-14)24-18(23)16-10-13-9-15(20)4-3-12(13)11-17(16)22/h3-11,22H,1-2H3. The van der Waals surface area contributed by atoms with E-state index < -0.39 is 11.6 Å². The molecule has 0 radical (unpaired) electrons. The summed E-state index contributed by atoms with van der Waals surface area (Å²) >= 11 is 3.41. The van der Waals surface area contributed by atoms with Crippen LogP contribution in [0, 0.1) is 0 Å². The number of pyridine rings is 1. The number of esters is 1. The first-order valence-electron chi connectivity index (χ1n) is 7.43. The van der Waals surface area contributed by atoms with Crippen molar-refractivity contribution in [3.63, 3.8) is 0 Å². The molecule has 3 rings (SSSR count). The van der Waals surface area contributed by atoms with Gasteiger partial charge in [0.1, 0.15) is 16.9 Å². The Bertz CT molecular complexity index is 907. The summed E-state index contributed by atoms with van der Waals surface area (Å²) in [5.41, 5.74) is 0.134. The van der Waals surface area contributed by atoms with Crippen LogP contribution in [0.5, 0.6) is 5.75 Å². The molecule has 24 heavy (non-hydrogen) atoms. The van der Waals surface area contributed by atoms with Crippen molar-refractivity contribution in [1.29, 1.82) is 0 Å². The fourth-order valence-electron chi connectivity index (χ4n) is 2.52. The molecule has 0 aliphatic carbocycles. The van der Waals surface area contributed by atoms with Gasteiger partial charge in [0.2, 0.25) is 0 Å². The number of hydrogen-bond donors (Lipinski definition) is 1. The van der Waals surface area contributed by atoms with Crippen LogP contribution in [0.3, 0.4) is 0 Å². The molecule has 0 fully saturated rings. The van der Waals surface area contributed by atoms with E-state index in [1.165, 1.54) is 0 Å². The van der Waals surface area contributed by atoms with Crippen molar-refractivity contribution in [3.05, 3.63) is 70.5 Å². The number of phenols is 1. The first kappa shape index (κ1) is 16.5. The van der Waals surface area contributed by atoms with Gasteiger partial charge in [-0.1, -0.05) is 22.0 Å². The number of aromatic nitrogens is 1. The summed E-state index contributed by atoms with van der Waals surface area (Å²) in [7, 11) is 0. The third-order valence-corrected chi connectivity index (χ3v) is 4.35. The highest BCUT2D eigenvalue weighted by molar-refractivity contribution is 9.10. The summed E-state index contributed by atoms with van der Waals surface area (Å²) in [6.07, 6.45) is 3.30. The molecule has 0 spiro atoms. The topological polar surface area (TPSA) is 59.4 Å². The molecule has 0 unspecified atom stereocenters. The molecule has 3 aromatic rings. The van der Waals surface area contributed by atoms with E-state index in [1.807, 2.05) is 18.2 Å². The minimum atomic E-state index is -0.835. The Kier molecular flexibility index (Phi) is 4.28. The fraction of sp³-hybridized carbons (Fsp3) is 0.158. The lowest BCUT2D eigenvalue weighted by atomic mass is 9.99. The normalized spacial score (nSPS) is 11.5. The van der Waals surface area contributed by atoms with Crippen molar-refractivity contribution in [3.8, 4) is 5.75 Å². The first-order valence-corrected chi connectivity index (χ1v) is 8.22. The predicted octanol–water partition coefficient (Wildman–Crippen LogP) is 4.80. The lowest BCUT2D eigenvalue weighted by molar-refractivity contribution is -0.00340. The van der Waals surface area contributed by atoms with Gasteiger partial charge >= 0.3 is 5.97 Å². The molecule has 1 N–H and O–H groups in total. The van der Waals surface area contributed by atoms with Gasteiger partial charge in [-0.25, -0.2) is 4.79 Å². The summed E-state index contributed by atoms with van der Waals surface area (Å²) < 4.78 is 6.53. The molecule has 4 nitrogen and oxygen atoms in total. The summed E-state index contributed by atoms with van der Waals surface area (Å²) in [5.74, 6) is -0.670. The third-order valence-electron chi connectivity index (χ3n) is 3.86. The molecular weight excluding hydrogens is 370 g/mol. The van der Waals surface area contributed by atoms with Crippen molar-refractivity contribution in [1.82, 2.24) is 4.98 Å². The van der Waals surface area contributed by atoms with Gasteiger partial charge in [-0.05, 0) is 66.6 Å². The van der Waals surface area contributed by atoms with E-state index in [1.54, 1.807) is 50.5 Å². The van der Waals surface area contributed by atoms with Crippen molar-refractivity contribution in [2.45, 2.75) is 19.4 Å². The fourth-order valence-corrected chi connectivity index (χ4v) is 2.90. The Hall–Kier alpha value is -2.40. The average Bonchev–Trinajstić information content (AvgIpc) is 2.55. The number of rotatable bonds is 3. The molecular formula is C19H16BrNO3. The van der Waals surface area contributed by atoms with Crippen LogP contribution in [-0.2, 0) is 10.3 Å². The number of phenolic OH excluding ortho intramolecular Hbond substituents is 1. The zero-order valence-electron chi connectivity index (χ0n) is 13.3. The van der Waals surface area contributed by atoms with Gasteiger partial charge in [-0.15, -0.1) is 0 Å². The quantitative estimate of drug-likeness (QED) is 0.658. The zero-order valence-corrected chi connectivity index (χ0v) is 14.9. The van der Waals surface area contributed by atoms with Crippen LogP contribution in [0.4, 0.5) is 0 Å². The van der Waals surface area contributed by atoms with Gasteiger partial charge < -0.3 is 9.84 Å². The van der Waals surface area contributed by atoms with Gasteiger partial charge in [0.25, 0.3) is 0 Å². The lowest BCUT2D eigenvalue weighted by Crippen LogP contribution is -2.25. The van der Waals surface area contributed by atoms with Gasteiger partial charge in [0.15, 0.2) is 0 Å². The second-order valence-electron chi connectivity index (χ2n) is 6.00. The Morgan fingerprint density at radius 2 is 1.79 bits per heavy atom. The number of carbonyl (C=O) groups is 1. The van der Waals surface area contributed by atoms with E-state index in [0.29, 0.717) is 0 Å². The Balaban J connectivity index is 1.95. The van der Waals surface area contributed by atoms with E-state index >= 15 is 0 Å². The number of aromatic hydroxyl groups is 1. The number of hydrogen-bond acceptors (Lipinski definition) is 4. The number of halogens is 1. The van der Waals surface area contributed by atoms with Crippen LogP contribution < -0.4 is 0 Å². The SMILES string of the molecule is CC(C)(OC(=O)c1cc2cc(Br)ccc2cc1O)c1ccncc1.